The third-order valence-electron chi connectivity index (χ3n) is 8.77. The van der Waals surface area contributed by atoms with Gasteiger partial charge in [0.15, 0.2) is 6.10 Å². The molecule has 0 heterocycles. The highest BCUT2D eigenvalue weighted by molar-refractivity contribution is 7.47. The first-order valence-corrected chi connectivity index (χ1v) is 23.6. The third kappa shape index (κ3) is 42.6. The van der Waals surface area contributed by atoms with Crippen molar-refractivity contribution in [2.45, 2.75) is 174 Å². The lowest BCUT2D eigenvalue weighted by Crippen LogP contribution is -2.29. The Morgan fingerprint density at radius 1 is 0.544 bits per heavy atom. The van der Waals surface area contributed by atoms with E-state index in [4.69, 9.17) is 24.3 Å². The summed E-state index contributed by atoms with van der Waals surface area (Å²) in [5.41, 5.74) is 5.34. The highest BCUT2D eigenvalue weighted by Crippen LogP contribution is 2.43. The molecule has 3 N–H and O–H groups in total. The molecular formula is C47H80NO8P. The summed E-state index contributed by atoms with van der Waals surface area (Å²) in [5, 5.41) is 0. The Morgan fingerprint density at radius 3 is 1.49 bits per heavy atom. The summed E-state index contributed by atoms with van der Waals surface area (Å²) >= 11 is 0. The monoisotopic (exact) mass is 818 g/mol. The van der Waals surface area contributed by atoms with E-state index in [0.717, 1.165) is 64.2 Å². The average Bonchev–Trinajstić information content (AvgIpc) is 3.20. The van der Waals surface area contributed by atoms with Crippen LogP contribution in [0.3, 0.4) is 0 Å². The van der Waals surface area contributed by atoms with E-state index in [1.807, 2.05) is 6.08 Å². The van der Waals surface area contributed by atoms with E-state index < -0.39 is 32.5 Å². The van der Waals surface area contributed by atoms with Gasteiger partial charge in [0.05, 0.1) is 13.2 Å². The van der Waals surface area contributed by atoms with E-state index in [1.165, 1.54) is 57.8 Å². The molecule has 326 valence electrons. The van der Waals surface area contributed by atoms with E-state index in [2.05, 4.69) is 92.8 Å². The molecule has 0 aliphatic carbocycles. The molecule has 0 spiro atoms. The van der Waals surface area contributed by atoms with E-state index in [9.17, 15) is 19.0 Å². The largest absolute Gasteiger partial charge is 0.472 e. The molecule has 0 amide bonds. The fourth-order valence-corrected chi connectivity index (χ4v) is 6.29. The summed E-state index contributed by atoms with van der Waals surface area (Å²) in [7, 11) is -4.40. The third-order valence-corrected chi connectivity index (χ3v) is 9.75. The number of carbonyl (C=O) groups excluding carboxylic acids is 2. The minimum Gasteiger partial charge on any atom is -0.462 e. The highest BCUT2D eigenvalue weighted by Gasteiger charge is 2.25. The van der Waals surface area contributed by atoms with Crippen molar-refractivity contribution in [2.24, 2.45) is 5.73 Å². The SMILES string of the molecule is CCC=CCC=CCC=CCC=CCC=CCCCC(=O)O[C@H](COC(=O)CCCCCCCCCCCC=CCC=CCCCCC)COP(=O)(O)OCCN. The van der Waals surface area contributed by atoms with Gasteiger partial charge in [-0.2, -0.15) is 0 Å². The number of allylic oxidation sites excluding steroid dienone is 14. The predicted molar refractivity (Wildman–Crippen MR) is 238 cm³/mol. The zero-order valence-corrected chi connectivity index (χ0v) is 36.7. The number of phosphoric ester groups is 1. The van der Waals surface area contributed by atoms with Crippen LogP contribution in [0.4, 0.5) is 0 Å². The molecule has 0 bridgehead atoms. The van der Waals surface area contributed by atoms with Gasteiger partial charge in [0.1, 0.15) is 6.61 Å². The van der Waals surface area contributed by atoms with Crippen LogP contribution in [0, 0.1) is 0 Å². The second kappa shape index (κ2) is 42.8. The molecule has 0 aromatic carbocycles. The Hall–Kier alpha value is -2.81. The maximum Gasteiger partial charge on any atom is 0.472 e. The van der Waals surface area contributed by atoms with Gasteiger partial charge in [0.2, 0.25) is 0 Å². The lowest BCUT2D eigenvalue weighted by atomic mass is 10.1. The highest BCUT2D eigenvalue weighted by atomic mass is 31.2. The van der Waals surface area contributed by atoms with Gasteiger partial charge in [0.25, 0.3) is 0 Å². The van der Waals surface area contributed by atoms with Gasteiger partial charge in [0, 0.05) is 19.4 Å². The number of phosphoric acid groups is 1. The Labute approximate surface area is 347 Å². The predicted octanol–water partition coefficient (Wildman–Crippen LogP) is 12.8. The van der Waals surface area contributed by atoms with Crippen LogP contribution in [0.2, 0.25) is 0 Å². The molecular weight excluding hydrogens is 737 g/mol. The summed E-state index contributed by atoms with van der Waals surface area (Å²) in [4.78, 5) is 34.9. The summed E-state index contributed by atoms with van der Waals surface area (Å²) in [5.74, 6) is -0.908. The molecule has 0 aliphatic heterocycles. The van der Waals surface area contributed by atoms with Crippen molar-refractivity contribution < 1.29 is 37.6 Å². The molecule has 10 heteroatoms. The summed E-state index contributed by atoms with van der Waals surface area (Å²) in [6.45, 7) is 3.51. The second-order valence-electron chi connectivity index (χ2n) is 14.2. The first kappa shape index (κ1) is 54.2. The smallest absolute Gasteiger partial charge is 0.462 e. The van der Waals surface area contributed by atoms with Gasteiger partial charge in [-0.25, -0.2) is 4.57 Å². The number of ether oxygens (including phenoxy) is 2. The maximum absolute atomic E-state index is 12.6. The Morgan fingerprint density at radius 2 is 0.982 bits per heavy atom. The zero-order valence-electron chi connectivity index (χ0n) is 35.8. The first-order valence-electron chi connectivity index (χ1n) is 22.1. The molecule has 0 aliphatic rings. The molecule has 57 heavy (non-hydrogen) atoms. The fraction of sp³-hybridized carbons (Fsp3) is 0.660. The van der Waals surface area contributed by atoms with Crippen molar-refractivity contribution in [2.75, 3.05) is 26.4 Å². The average molecular weight is 818 g/mol. The standard InChI is InChI=1S/C47H80NO8P/c1-3-5-7-9-11-13-15-17-19-21-22-24-25-27-29-31-33-35-37-39-46(49)53-43-45(44-55-57(51,52)54-42-41-48)56-47(50)40-38-36-34-32-30-28-26-23-20-18-16-14-12-10-8-6-4-2/h6,8,11-14,17-20,26,28,32,34,45H,3-5,7,9-10,15-16,21-25,27,29-31,33,35-44,48H2,1-2H3,(H,51,52)/t45-/m1/s1. The Balaban J connectivity index is 4.24. The number of rotatable bonds is 40. The molecule has 0 rings (SSSR count). The molecule has 0 saturated heterocycles. The van der Waals surface area contributed by atoms with Crippen molar-refractivity contribution in [3.05, 3.63) is 85.1 Å². The normalized spacial score (nSPS) is 14.1. The molecule has 0 aromatic rings. The number of hydrogen-bond acceptors (Lipinski definition) is 8. The van der Waals surface area contributed by atoms with Crippen molar-refractivity contribution in [3.8, 4) is 0 Å². The number of esters is 2. The number of unbranched alkanes of at least 4 members (excludes halogenated alkanes) is 13. The summed E-state index contributed by atoms with van der Waals surface area (Å²) < 4.78 is 32.7. The van der Waals surface area contributed by atoms with Crippen LogP contribution >= 0.6 is 7.82 Å². The van der Waals surface area contributed by atoms with Crippen LogP contribution in [0.1, 0.15) is 168 Å². The summed E-state index contributed by atoms with van der Waals surface area (Å²) in [6, 6.07) is 0. The van der Waals surface area contributed by atoms with E-state index in [0.29, 0.717) is 19.3 Å². The zero-order chi connectivity index (χ0) is 41.8. The molecule has 9 nitrogen and oxygen atoms in total. The van der Waals surface area contributed by atoms with Crippen LogP contribution in [-0.2, 0) is 32.7 Å². The lowest BCUT2D eigenvalue weighted by Gasteiger charge is -2.19. The quantitative estimate of drug-likeness (QED) is 0.0268. The van der Waals surface area contributed by atoms with Crippen molar-refractivity contribution in [1.29, 1.82) is 0 Å². The fourth-order valence-electron chi connectivity index (χ4n) is 5.52. The molecule has 2 atom stereocenters. The molecule has 0 radical (unpaired) electrons. The minimum absolute atomic E-state index is 0.0394. The van der Waals surface area contributed by atoms with Crippen LogP contribution in [-0.4, -0.2) is 49.3 Å². The molecule has 0 aromatic heterocycles. The van der Waals surface area contributed by atoms with E-state index in [1.54, 1.807) is 0 Å². The number of carbonyl (C=O) groups is 2. The lowest BCUT2D eigenvalue weighted by molar-refractivity contribution is -0.161. The van der Waals surface area contributed by atoms with Crippen LogP contribution < -0.4 is 5.73 Å². The summed E-state index contributed by atoms with van der Waals surface area (Å²) in [6.07, 6.45) is 53.3. The molecule has 0 saturated carbocycles. The van der Waals surface area contributed by atoms with Gasteiger partial charge in [-0.15, -0.1) is 0 Å². The molecule has 1 unspecified atom stereocenters. The first-order chi connectivity index (χ1) is 27.8. The Bertz CT molecular complexity index is 1210. The number of hydrogen-bond donors (Lipinski definition) is 2. The van der Waals surface area contributed by atoms with Gasteiger partial charge < -0.3 is 20.1 Å². The van der Waals surface area contributed by atoms with Crippen LogP contribution in [0.25, 0.3) is 0 Å². The minimum atomic E-state index is -4.40. The topological polar surface area (TPSA) is 134 Å². The van der Waals surface area contributed by atoms with Crippen LogP contribution in [0.15, 0.2) is 85.1 Å². The van der Waals surface area contributed by atoms with E-state index in [-0.39, 0.29) is 32.6 Å². The van der Waals surface area contributed by atoms with Crippen LogP contribution in [0.5, 0.6) is 0 Å². The van der Waals surface area contributed by atoms with Gasteiger partial charge in [-0.05, 0) is 83.5 Å². The van der Waals surface area contributed by atoms with Crippen molar-refractivity contribution in [3.63, 3.8) is 0 Å². The van der Waals surface area contributed by atoms with Gasteiger partial charge >= 0.3 is 19.8 Å². The second-order valence-corrected chi connectivity index (χ2v) is 15.6. The van der Waals surface area contributed by atoms with Crippen molar-refractivity contribution in [1.82, 2.24) is 0 Å². The van der Waals surface area contributed by atoms with Crippen molar-refractivity contribution >= 4 is 19.8 Å². The number of nitrogens with two attached hydrogens (primary N) is 1. The molecule has 0 fully saturated rings. The van der Waals surface area contributed by atoms with E-state index >= 15 is 0 Å². The maximum atomic E-state index is 12.6. The Kier molecular flexibility index (Phi) is 40.7. The van der Waals surface area contributed by atoms with Gasteiger partial charge in [-0.1, -0.05) is 157 Å². The van der Waals surface area contributed by atoms with Gasteiger partial charge in [-0.3, -0.25) is 18.6 Å².